The van der Waals surface area contributed by atoms with Crippen LogP contribution in [-0.2, 0) is 14.4 Å². The van der Waals surface area contributed by atoms with Gasteiger partial charge in [0.05, 0.1) is 5.56 Å². The van der Waals surface area contributed by atoms with Gasteiger partial charge in [-0.1, -0.05) is 26.0 Å². The zero-order chi connectivity index (χ0) is 28.6. The molecular formula is C29H46N4O5. The molecule has 2 unspecified atom stereocenters. The molecule has 1 aliphatic heterocycles. The fraction of sp³-hybridized carbons (Fsp3) is 0.655. The van der Waals surface area contributed by atoms with Crippen molar-refractivity contribution in [3.05, 3.63) is 29.8 Å². The van der Waals surface area contributed by atoms with Crippen LogP contribution in [0.15, 0.2) is 24.3 Å². The Kier molecular flexibility index (Phi) is 11.2. The number of carbonyl (C=O) groups excluding carboxylic acids is 4. The van der Waals surface area contributed by atoms with E-state index in [1.165, 1.54) is 0 Å². The molecule has 0 radical (unpaired) electrons. The summed E-state index contributed by atoms with van der Waals surface area (Å²) < 4.78 is 5.68. The molecule has 0 aromatic heterocycles. The minimum absolute atomic E-state index is 0.0264. The normalized spacial score (nSPS) is 16.4. The van der Waals surface area contributed by atoms with Gasteiger partial charge in [0.15, 0.2) is 6.61 Å². The number of nitrogens with zero attached hydrogens (tertiary/aromatic N) is 2. The van der Waals surface area contributed by atoms with Gasteiger partial charge in [-0.3, -0.25) is 19.2 Å². The maximum absolute atomic E-state index is 13.7. The topological polar surface area (TPSA) is 108 Å². The van der Waals surface area contributed by atoms with E-state index in [4.69, 9.17) is 4.74 Å². The van der Waals surface area contributed by atoms with E-state index in [1.54, 1.807) is 41.1 Å². The van der Waals surface area contributed by atoms with Crippen molar-refractivity contribution < 1.29 is 23.9 Å². The quantitative estimate of drug-likeness (QED) is 0.456. The van der Waals surface area contributed by atoms with Crippen LogP contribution in [-0.4, -0.2) is 77.3 Å². The minimum atomic E-state index is -0.778. The molecule has 0 aliphatic carbocycles. The van der Waals surface area contributed by atoms with Crippen molar-refractivity contribution in [2.45, 2.75) is 97.8 Å². The summed E-state index contributed by atoms with van der Waals surface area (Å²) >= 11 is 0. The number of likely N-dealkylation sites (N-methyl/N-ethyl adjacent to an activating group) is 1. The molecule has 1 aliphatic rings. The number of carbonyl (C=O) groups is 4. The zero-order valence-corrected chi connectivity index (χ0v) is 24.3. The number of benzene rings is 1. The highest BCUT2D eigenvalue weighted by Crippen LogP contribution is 2.23. The molecule has 9 nitrogen and oxygen atoms in total. The number of nitrogens with one attached hydrogen (secondary N) is 2. The van der Waals surface area contributed by atoms with Gasteiger partial charge in [-0.2, -0.15) is 0 Å². The third-order valence-electron chi connectivity index (χ3n) is 6.58. The number of para-hydroxylation sites is 1. The van der Waals surface area contributed by atoms with Gasteiger partial charge in [0.25, 0.3) is 11.8 Å². The maximum atomic E-state index is 13.7. The molecule has 2 atom stereocenters. The molecule has 2 rings (SSSR count). The van der Waals surface area contributed by atoms with Gasteiger partial charge in [-0.05, 0) is 78.4 Å². The predicted octanol–water partition coefficient (Wildman–Crippen LogP) is 3.37. The molecule has 212 valence electrons. The first-order chi connectivity index (χ1) is 17.7. The van der Waals surface area contributed by atoms with Crippen LogP contribution < -0.4 is 15.4 Å². The van der Waals surface area contributed by atoms with Gasteiger partial charge >= 0.3 is 0 Å². The highest BCUT2D eigenvalue weighted by molar-refractivity contribution is 6.00. The van der Waals surface area contributed by atoms with E-state index in [0.717, 1.165) is 12.8 Å². The Labute approximate surface area is 227 Å². The van der Waals surface area contributed by atoms with E-state index in [1.807, 2.05) is 34.6 Å². The van der Waals surface area contributed by atoms with Crippen LogP contribution in [0.1, 0.15) is 84.5 Å². The summed E-state index contributed by atoms with van der Waals surface area (Å²) in [7, 11) is 1.75. The van der Waals surface area contributed by atoms with Gasteiger partial charge in [0.2, 0.25) is 11.8 Å². The fourth-order valence-corrected chi connectivity index (χ4v) is 4.35. The van der Waals surface area contributed by atoms with E-state index >= 15 is 0 Å². The molecule has 9 heteroatoms. The summed E-state index contributed by atoms with van der Waals surface area (Å²) in [5, 5.41) is 5.73. The van der Waals surface area contributed by atoms with Crippen molar-refractivity contribution >= 4 is 23.6 Å². The Morgan fingerprint density at radius 1 is 1.08 bits per heavy atom. The number of rotatable bonds is 11. The van der Waals surface area contributed by atoms with Crippen molar-refractivity contribution in [1.82, 2.24) is 20.4 Å². The molecule has 1 heterocycles. The van der Waals surface area contributed by atoms with Crippen molar-refractivity contribution in [2.24, 2.45) is 5.92 Å². The van der Waals surface area contributed by atoms with Crippen molar-refractivity contribution in [3.8, 4) is 5.75 Å². The predicted molar refractivity (Wildman–Crippen MR) is 148 cm³/mol. The van der Waals surface area contributed by atoms with Crippen LogP contribution in [0.5, 0.6) is 5.75 Å². The Morgan fingerprint density at radius 2 is 1.74 bits per heavy atom. The van der Waals surface area contributed by atoms with Crippen LogP contribution in [0.2, 0.25) is 0 Å². The lowest BCUT2D eigenvalue weighted by Crippen LogP contribution is -2.54. The monoisotopic (exact) mass is 530 g/mol. The van der Waals surface area contributed by atoms with Crippen LogP contribution in [0.4, 0.5) is 0 Å². The molecule has 1 fully saturated rings. The number of amides is 4. The highest BCUT2D eigenvalue weighted by atomic mass is 16.5. The summed E-state index contributed by atoms with van der Waals surface area (Å²) in [5.74, 6) is -0.477. The molecule has 0 saturated carbocycles. The molecular weight excluding hydrogens is 484 g/mol. The lowest BCUT2D eigenvalue weighted by molar-refractivity contribution is -0.145. The smallest absolute Gasteiger partial charge is 0.258 e. The van der Waals surface area contributed by atoms with Gasteiger partial charge < -0.3 is 25.2 Å². The van der Waals surface area contributed by atoms with E-state index in [9.17, 15) is 19.2 Å². The number of likely N-dealkylation sites (tertiary alicyclic amines) is 1. The van der Waals surface area contributed by atoms with Gasteiger partial charge in [0.1, 0.15) is 17.8 Å². The van der Waals surface area contributed by atoms with E-state index in [0.29, 0.717) is 25.3 Å². The molecule has 0 spiro atoms. The second-order valence-electron chi connectivity index (χ2n) is 11.8. The average molecular weight is 531 g/mol. The number of hydrogen-bond donors (Lipinski definition) is 2. The van der Waals surface area contributed by atoms with Crippen molar-refractivity contribution in [3.63, 3.8) is 0 Å². The molecule has 38 heavy (non-hydrogen) atoms. The largest absolute Gasteiger partial charge is 0.483 e. The van der Waals surface area contributed by atoms with Crippen LogP contribution in [0.25, 0.3) is 0 Å². The third-order valence-corrected chi connectivity index (χ3v) is 6.58. The van der Waals surface area contributed by atoms with Gasteiger partial charge in [-0.25, -0.2) is 0 Å². The first-order valence-electron chi connectivity index (χ1n) is 13.6. The molecule has 4 amide bonds. The number of hydrogen-bond acceptors (Lipinski definition) is 5. The Morgan fingerprint density at radius 3 is 2.34 bits per heavy atom. The molecule has 2 N–H and O–H groups in total. The second kappa shape index (κ2) is 13.6. The van der Waals surface area contributed by atoms with E-state index in [-0.39, 0.29) is 41.7 Å². The Bertz CT molecular complexity index is 985. The highest BCUT2D eigenvalue weighted by Gasteiger charge is 2.39. The first kappa shape index (κ1) is 31.1. The summed E-state index contributed by atoms with van der Waals surface area (Å²) in [6.45, 7) is 13.9. The van der Waals surface area contributed by atoms with Crippen molar-refractivity contribution in [2.75, 3.05) is 20.2 Å². The first-order valence-corrected chi connectivity index (χ1v) is 13.6. The standard InChI is InChI=1S/C29H46N4O5/c1-19(2)15-16-22(27(36)33-17-11-13-23(33)28(37)32(8)20(3)4)30-26(35)21-12-9-10-14-24(21)38-18-25(34)31-29(5,6)7/h9-10,12,14,19-20,22-23H,11,13,15-18H2,1-8H3,(H,30,35)(H,31,34). The minimum Gasteiger partial charge on any atom is -0.483 e. The maximum Gasteiger partial charge on any atom is 0.258 e. The van der Waals surface area contributed by atoms with Gasteiger partial charge in [-0.15, -0.1) is 0 Å². The van der Waals surface area contributed by atoms with Crippen LogP contribution in [0.3, 0.4) is 0 Å². The molecule has 1 aromatic carbocycles. The molecule has 1 aromatic rings. The summed E-state index contributed by atoms with van der Waals surface area (Å²) in [4.78, 5) is 55.7. The van der Waals surface area contributed by atoms with Crippen LogP contribution in [0, 0.1) is 5.92 Å². The SMILES string of the molecule is CC(C)CCC(NC(=O)c1ccccc1OCC(=O)NC(C)(C)C)C(=O)N1CCCC1C(=O)N(C)C(C)C. The molecule has 0 bridgehead atoms. The lowest BCUT2D eigenvalue weighted by atomic mass is 10.0. The van der Waals surface area contributed by atoms with Crippen LogP contribution >= 0.6 is 0 Å². The summed E-state index contributed by atoms with van der Waals surface area (Å²) in [5.41, 5.74) is -0.160. The summed E-state index contributed by atoms with van der Waals surface area (Å²) in [6, 6.07) is 5.39. The second-order valence-corrected chi connectivity index (χ2v) is 11.8. The summed E-state index contributed by atoms with van der Waals surface area (Å²) in [6.07, 6.45) is 2.54. The Balaban J connectivity index is 2.21. The van der Waals surface area contributed by atoms with Crippen molar-refractivity contribution in [1.29, 1.82) is 0 Å². The lowest BCUT2D eigenvalue weighted by Gasteiger charge is -2.32. The Hall–Kier alpha value is -3.10. The van der Waals surface area contributed by atoms with E-state index < -0.39 is 23.5 Å². The fourth-order valence-electron chi connectivity index (χ4n) is 4.35. The third kappa shape index (κ3) is 9.03. The zero-order valence-electron chi connectivity index (χ0n) is 24.3. The average Bonchev–Trinajstić information content (AvgIpc) is 3.32. The number of ether oxygens (including phenoxy) is 1. The molecule has 1 saturated heterocycles. The van der Waals surface area contributed by atoms with Gasteiger partial charge in [0, 0.05) is 25.2 Å². The van der Waals surface area contributed by atoms with E-state index in [2.05, 4.69) is 24.5 Å².